The number of carbonyl (C=O) groups excluding carboxylic acids is 1. The number of nitrogens with one attached hydrogen (secondary N) is 2. The van der Waals surface area contributed by atoms with Crippen molar-refractivity contribution in [1.29, 1.82) is 0 Å². The predicted octanol–water partition coefficient (Wildman–Crippen LogP) is 0.478. The number of nitro groups is 1. The van der Waals surface area contributed by atoms with Gasteiger partial charge in [-0.15, -0.1) is 0 Å². The number of hydrogen-bond acceptors (Lipinski definition) is 5. The zero-order valence-electron chi connectivity index (χ0n) is 10.4. The fraction of sp³-hybridized carbons (Fsp3) is 0.300. The van der Waals surface area contributed by atoms with Crippen LogP contribution in [0.4, 0.5) is 5.69 Å². The van der Waals surface area contributed by atoms with Crippen molar-refractivity contribution in [3.05, 3.63) is 37.4 Å². The predicted molar refractivity (Wildman–Crippen MR) is 81.0 cm³/mol. The molecule has 1 aromatic rings. The molecule has 110 valence electrons. The molecule has 0 aliphatic rings. The Morgan fingerprint density at radius 1 is 1.40 bits per heavy atom. The van der Waals surface area contributed by atoms with Gasteiger partial charge in [-0.3, -0.25) is 14.9 Å². The van der Waals surface area contributed by atoms with Gasteiger partial charge in [0, 0.05) is 28.8 Å². The molecular formula is C10H12IN3O5S. The summed E-state index contributed by atoms with van der Waals surface area (Å²) < 4.78 is 24.4. The van der Waals surface area contributed by atoms with E-state index in [1.807, 2.05) is 22.6 Å². The third kappa shape index (κ3) is 5.38. The van der Waals surface area contributed by atoms with E-state index >= 15 is 0 Å². The van der Waals surface area contributed by atoms with Crippen LogP contribution in [0.2, 0.25) is 0 Å². The molecule has 0 unspecified atom stereocenters. The summed E-state index contributed by atoms with van der Waals surface area (Å²) in [6.45, 7) is 0.140. The van der Waals surface area contributed by atoms with E-state index in [0.29, 0.717) is 3.57 Å². The number of non-ortho nitro benzene ring substituents is 1. The average molecular weight is 413 g/mol. The Kier molecular flexibility index (Phi) is 5.83. The van der Waals surface area contributed by atoms with E-state index in [9.17, 15) is 23.3 Å². The lowest BCUT2D eigenvalue weighted by Crippen LogP contribution is -2.34. The molecule has 0 saturated carbocycles. The molecule has 20 heavy (non-hydrogen) atoms. The molecule has 8 nitrogen and oxygen atoms in total. The highest BCUT2D eigenvalue weighted by molar-refractivity contribution is 14.1. The fourth-order valence-electron chi connectivity index (χ4n) is 1.31. The highest BCUT2D eigenvalue weighted by Crippen LogP contribution is 2.19. The third-order valence-electron chi connectivity index (χ3n) is 2.18. The monoisotopic (exact) mass is 413 g/mol. The first-order valence-electron chi connectivity index (χ1n) is 5.37. The first-order valence-corrected chi connectivity index (χ1v) is 8.34. The number of benzene rings is 1. The quantitative estimate of drug-likeness (QED) is 0.304. The summed E-state index contributed by atoms with van der Waals surface area (Å²) >= 11 is 1.89. The van der Waals surface area contributed by atoms with Crippen LogP contribution in [0.1, 0.15) is 10.4 Å². The number of carbonyl (C=O) groups is 1. The molecule has 0 fully saturated rings. The number of nitro benzene ring substituents is 1. The van der Waals surface area contributed by atoms with Gasteiger partial charge in [-0.25, -0.2) is 13.1 Å². The summed E-state index contributed by atoms with van der Waals surface area (Å²) in [6, 6.07) is 3.97. The van der Waals surface area contributed by atoms with E-state index in [2.05, 4.69) is 10.0 Å². The topological polar surface area (TPSA) is 118 Å². The Hall–Kier alpha value is -1.27. The lowest BCUT2D eigenvalue weighted by atomic mass is 10.2. The summed E-state index contributed by atoms with van der Waals surface area (Å²) in [5, 5.41) is 13.1. The normalized spacial score (nSPS) is 11.1. The summed E-state index contributed by atoms with van der Waals surface area (Å²) in [4.78, 5) is 21.9. The molecule has 0 spiro atoms. The molecule has 0 aromatic heterocycles. The first kappa shape index (κ1) is 16.8. The van der Waals surface area contributed by atoms with Gasteiger partial charge in [0.1, 0.15) is 0 Å². The van der Waals surface area contributed by atoms with E-state index in [4.69, 9.17) is 0 Å². The number of rotatable bonds is 6. The third-order valence-corrected chi connectivity index (χ3v) is 3.85. The number of amides is 1. The van der Waals surface area contributed by atoms with Crippen LogP contribution < -0.4 is 10.0 Å². The highest BCUT2D eigenvalue weighted by atomic mass is 127. The van der Waals surface area contributed by atoms with Gasteiger partial charge in [0.25, 0.3) is 11.6 Å². The van der Waals surface area contributed by atoms with E-state index in [1.165, 1.54) is 18.2 Å². The van der Waals surface area contributed by atoms with Gasteiger partial charge in [0.2, 0.25) is 10.0 Å². The smallest absolute Gasteiger partial charge is 0.270 e. The first-order chi connectivity index (χ1) is 9.20. The van der Waals surface area contributed by atoms with Gasteiger partial charge in [0.05, 0.1) is 16.7 Å². The van der Waals surface area contributed by atoms with E-state index in [-0.39, 0.29) is 24.3 Å². The molecule has 0 saturated heterocycles. The second kappa shape index (κ2) is 6.95. The van der Waals surface area contributed by atoms with Gasteiger partial charge in [-0.05, 0) is 28.7 Å². The molecule has 2 N–H and O–H groups in total. The van der Waals surface area contributed by atoms with Gasteiger partial charge < -0.3 is 5.32 Å². The average Bonchev–Trinajstić information content (AvgIpc) is 2.33. The van der Waals surface area contributed by atoms with Gasteiger partial charge in [0.15, 0.2) is 0 Å². The summed E-state index contributed by atoms with van der Waals surface area (Å²) in [5.41, 5.74) is 0.00369. The van der Waals surface area contributed by atoms with Crippen LogP contribution in [-0.4, -0.2) is 38.6 Å². The lowest BCUT2D eigenvalue weighted by Gasteiger charge is -2.07. The number of nitrogens with zero attached hydrogens (tertiary/aromatic N) is 1. The Morgan fingerprint density at radius 3 is 2.60 bits per heavy atom. The summed E-state index contributed by atoms with van der Waals surface area (Å²) in [5.74, 6) is -0.492. The number of sulfonamides is 1. The largest absolute Gasteiger partial charge is 0.351 e. The Labute approximate surface area is 129 Å². The highest BCUT2D eigenvalue weighted by Gasteiger charge is 2.15. The lowest BCUT2D eigenvalue weighted by molar-refractivity contribution is -0.384. The van der Waals surface area contributed by atoms with E-state index < -0.39 is 20.9 Å². The SMILES string of the molecule is CS(=O)(=O)NCCNC(=O)c1cc([N+](=O)[O-])ccc1I. The van der Waals surface area contributed by atoms with Crippen molar-refractivity contribution in [2.45, 2.75) is 0 Å². The van der Waals surface area contributed by atoms with Crippen LogP contribution in [0.25, 0.3) is 0 Å². The molecule has 1 rings (SSSR count). The minimum Gasteiger partial charge on any atom is -0.351 e. The van der Waals surface area contributed by atoms with Crippen LogP contribution in [0.5, 0.6) is 0 Å². The number of halogens is 1. The zero-order valence-corrected chi connectivity index (χ0v) is 13.4. The maximum Gasteiger partial charge on any atom is 0.270 e. The second-order valence-electron chi connectivity index (χ2n) is 3.84. The molecule has 0 bridgehead atoms. The number of hydrogen-bond donors (Lipinski definition) is 2. The van der Waals surface area contributed by atoms with Crippen molar-refractivity contribution < 1.29 is 18.1 Å². The molecule has 0 heterocycles. The van der Waals surface area contributed by atoms with E-state index in [1.54, 1.807) is 0 Å². The molecule has 0 aliphatic heterocycles. The van der Waals surface area contributed by atoms with Crippen LogP contribution in [-0.2, 0) is 10.0 Å². The Morgan fingerprint density at radius 2 is 2.05 bits per heavy atom. The zero-order chi connectivity index (χ0) is 15.3. The Balaban J connectivity index is 2.68. The summed E-state index contributed by atoms with van der Waals surface area (Å²) in [7, 11) is -3.30. The van der Waals surface area contributed by atoms with Gasteiger partial charge in [-0.2, -0.15) is 0 Å². The maximum atomic E-state index is 11.8. The second-order valence-corrected chi connectivity index (χ2v) is 6.84. The van der Waals surface area contributed by atoms with Crippen LogP contribution in [0, 0.1) is 13.7 Å². The van der Waals surface area contributed by atoms with Crippen molar-refractivity contribution in [2.75, 3.05) is 19.3 Å². The maximum absolute atomic E-state index is 11.8. The standard InChI is InChI=1S/C10H12IN3O5S/c1-20(18,19)13-5-4-12-10(15)8-6-7(14(16)17)2-3-9(8)11/h2-3,6,13H,4-5H2,1H3,(H,12,15). The van der Waals surface area contributed by atoms with Gasteiger partial charge in [-0.1, -0.05) is 0 Å². The summed E-state index contributed by atoms with van der Waals surface area (Å²) in [6.07, 6.45) is 1.01. The van der Waals surface area contributed by atoms with Crippen LogP contribution in [0.15, 0.2) is 18.2 Å². The van der Waals surface area contributed by atoms with Gasteiger partial charge >= 0.3 is 0 Å². The Bertz CT molecular complexity index is 632. The molecule has 0 radical (unpaired) electrons. The van der Waals surface area contributed by atoms with Crippen LogP contribution >= 0.6 is 22.6 Å². The van der Waals surface area contributed by atoms with Crippen molar-refractivity contribution in [2.24, 2.45) is 0 Å². The molecule has 1 amide bonds. The van der Waals surface area contributed by atoms with Crippen LogP contribution in [0.3, 0.4) is 0 Å². The van der Waals surface area contributed by atoms with Crippen molar-refractivity contribution in [1.82, 2.24) is 10.0 Å². The molecular weight excluding hydrogens is 401 g/mol. The van der Waals surface area contributed by atoms with Crippen molar-refractivity contribution in [3.63, 3.8) is 0 Å². The minimum absolute atomic E-state index is 0.0517. The van der Waals surface area contributed by atoms with Crippen molar-refractivity contribution >= 4 is 44.2 Å². The van der Waals surface area contributed by atoms with E-state index in [0.717, 1.165) is 6.26 Å². The molecule has 1 aromatic carbocycles. The molecule has 10 heteroatoms. The van der Waals surface area contributed by atoms with Crippen molar-refractivity contribution in [3.8, 4) is 0 Å². The molecule has 0 aliphatic carbocycles. The molecule has 0 atom stereocenters. The minimum atomic E-state index is -3.30. The fourth-order valence-corrected chi connectivity index (χ4v) is 2.36.